The van der Waals surface area contributed by atoms with Crippen molar-refractivity contribution in [3.63, 3.8) is 0 Å². The van der Waals surface area contributed by atoms with Gasteiger partial charge in [0.2, 0.25) is 5.91 Å². The minimum absolute atomic E-state index is 0.0427. The Hall–Kier alpha value is -3.12. The number of benzene rings is 2. The van der Waals surface area contributed by atoms with Crippen molar-refractivity contribution >= 4 is 46.7 Å². The Morgan fingerprint density at radius 1 is 1.34 bits per heavy atom. The van der Waals surface area contributed by atoms with Gasteiger partial charge in [-0.3, -0.25) is 14.5 Å². The normalized spacial score (nSPS) is 24.5. The Kier molecular flexibility index (Phi) is 7.04. The van der Waals surface area contributed by atoms with Crippen molar-refractivity contribution in [3.05, 3.63) is 63.1 Å². The molecular formula is C25H25Cl2N5O3. The molecule has 2 aliphatic heterocycles. The second-order valence-electron chi connectivity index (χ2n) is 9.01. The summed E-state index contributed by atoms with van der Waals surface area (Å²) in [4.78, 5) is 32.3. The number of nitrogens with zero attached hydrogens (tertiary/aromatic N) is 3. The molecule has 0 spiro atoms. The third-order valence-electron chi connectivity index (χ3n) is 6.31. The van der Waals surface area contributed by atoms with Crippen LogP contribution in [0, 0.1) is 11.3 Å². The number of rotatable bonds is 4. The smallest absolute Gasteiger partial charge is 0.255 e. The predicted octanol–water partition coefficient (Wildman–Crippen LogP) is 4.45. The molecule has 0 unspecified atom stereocenters. The largest absolute Gasteiger partial charge is 0.378 e. The molecule has 10 heteroatoms. The van der Waals surface area contributed by atoms with Crippen molar-refractivity contribution in [1.82, 2.24) is 4.90 Å². The summed E-state index contributed by atoms with van der Waals surface area (Å²) in [6, 6.07) is 11.4. The fraction of sp³-hybridized carbons (Fsp3) is 0.360. The van der Waals surface area contributed by atoms with E-state index in [0.29, 0.717) is 30.7 Å². The van der Waals surface area contributed by atoms with Crippen LogP contribution < -0.4 is 11.1 Å². The van der Waals surface area contributed by atoms with Crippen LogP contribution in [0.15, 0.2) is 41.4 Å². The molecule has 2 aromatic rings. The lowest BCUT2D eigenvalue weighted by Gasteiger charge is -2.41. The SMILES string of the molecule is C[C@@H]1C[C@H](N2C(=O)C[C@@](C)(c3cccc(NC(=O)c4cc(Cl)cc(C#N)c4)c3Cl)N=C2N)CCO1. The molecule has 8 nitrogen and oxygen atoms in total. The van der Waals surface area contributed by atoms with Crippen LogP contribution in [0.3, 0.4) is 0 Å². The number of amides is 2. The lowest BCUT2D eigenvalue weighted by atomic mass is 9.86. The number of hydrogen-bond acceptors (Lipinski definition) is 6. The van der Waals surface area contributed by atoms with E-state index in [2.05, 4.69) is 5.32 Å². The van der Waals surface area contributed by atoms with E-state index in [0.717, 1.165) is 0 Å². The van der Waals surface area contributed by atoms with Crippen LogP contribution in [-0.4, -0.2) is 41.4 Å². The number of anilines is 1. The Morgan fingerprint density at radius 3 is 2.80 bits per heavy atom. The highest BCUT2D eigenvalue weighted by atomic mass is 35.5. The van der Waals surface area contributed by atoms with Crippen molar-refractivity contribution in [2.24, 2.45) is 10.7 Å². The van der Waals surface area contributed by atoms with Crippen molar-refractivity contribution in [1.29, 1.82) is 5.26 Å². The van der Waals surface area contributed by atoms with Crippen molar-refractivity contribution in [2.45, 2.75) is 50.8 Å². The summed E-state index contributed by atoms with van der Waals surface area (Å²) in [6.45, 7) is 4.34. The molecule has 0 saturated carbocycles. The highest BCUT2D eigenvalue weighted by Gasteiger charge is 2.42. The van der Waals surface area contributed by atoms with Crippen LogP contribution in [0.5, 0.6) is 0 Å². The molecule has 2 aliphatic rings. The van der Waals surface area contributed by atoms with Crippen LogP contribution in [0.4, 0.5) is 5.69 Å². The molecule has 1 saturated heterocycles. The molecule has 0 aromatic heterocycles. The van der Waals surface area contributed by atoms with E-state index in [1.54, 1.807) is 30.0 Å². The summed E-state index contributed by atoms with van der Waals surface area (Å²) >= 11 is 12.7. The average Bonchev–Trinajstić information content (AvgIpc) is 2.79. The maximum Gasteiger partial charge on any atom is 0.255 e. The van der Waals surface area contributed by atoms with Crippen molar-refractivity contribution in [3.8, 4) is 6.07 Å². The molecule has 0 aliphatic carbocycles. The number of hydrogen-bond donors (Lipinski definition) is 2. The number of nitrogens with one attached hydrogen (secondary N) is 1. The first-order chi connectivity index (χ1) is 16.6. The Labute approximate surface area is 213 Å². The number of halogens is 2. The summed E-state index contributed by atoms with van der Waals surface area (Å²) in [5.41, 5.74) is 6.70. The second-order valence-corrected chi connectivity index (χ2v) is 9.82. The first kappa shape index (κ1) is 25.0. The molecule has 2 aromatic carbocycles. The highest BCUT2D eigenvalue weighted by molar-refractivity contribution is 6.35. The van der Waals surface area contributed by atoms with Crippen molar-refractivity contribution < 1.29 is 14.3 Å². The minimum Gasteiger partial charge on any atom is -0.378 e. The predicted molar refractivity (Wildman–Crippen MR) is 134 cm³/mol. The quantitative estimate of drug-likeness (QED) is 0.625. The number of nitrogens with two attached hydrogens (primary N) is 1. The number of aliphatic imine (C=N–C) groups is 1. The number of carbonyl (C=O) groups excluding carboxylic acids is 2. The van der Waals surface area contributed by atoms with Gasteiger partial charge in [0.15, 0.2) is 5.96 Å². The van der Waals surface area contributed by atoms with Gasteiger partial charge in [-0.05, 0) is 51.0 Å². The van der Waals surface area contributed by atoms with E-state index >= 15 is 0 Å². The molecule has 3 atom stereocenters. The number of guanidine groups is 1. The van der Waals surface area contributed by atoms with Gasteiger partial charge in [0.05, 0.1) is 40.4 Å². The van der Waals surface area contributed by atoms with Gasteiger partial charge in [0, 0.05) is 28.8 Å². The lowest BCUT2D eigenvalue weighted by molar-refractivity contribution is -0.133. The number of ether oxygens (including phenoxy) is 1. The van der Waals surface area contributed by atoms with Crippen LogP contribution >= 0.6 is 23.2 Å². The number of nitriles is 1. The summed E-state index contributed by atoms with van der Waals surface area (Å²) in [7, 11) is 0. The van der Waals surface area contributed by atoms with Gasteiger partial charge in [0.1, 0.15) is 0 Å². The summed E-state index contributed by atoms with van der Waals surface area (Å²) < 4.78 is 5.60. The number of carbonyl (C=O) groups is 2. The molecule has 2 amide bonds. The molecule has 2 heterocycles. The monoisotopic (exact) mass is 513 g/mol. The van der Waals surface area contributed by atoms with E-state index in [-0.39, 0.29) is 51.6 Å². The van der Waals surface area contributed by atoms with E-state index in [4.69, 9.17) is 43.9 Å². The molecule has 0 radical (unpaired) electrons. The van der Waals surface area contributed by atoms with Crippen LogP contribution in [0.25, 0.3) is 0 Å². The Balaban J connectivity index is 1.62. The summed E-state index contributed by atoms with van der Waals surface area (Å²) in [6.07, 6.45) is 1.51. The van der Waals surface area contributed by atoms with E-state index < -0.39 is 11.4 Å². The van der Waals surface area contributed by atoms with E-state index in [9.17, 15) is 9.59 Å². The zero-order valence-corrected chi connectivity index (χ0v) is 20.9. The molecule has 0 bridgehead atoms. The van der Waals surface area contributed by atoms with Gasteiger partial charge in [-0.1, -0.05) is 35.3 Å². The summed E-state index contributed by atoms with van der Waals surface area (Å²) in [5, 5.41) is 12.4. The molecule has 182 valence electrons. The lowest BCUT2D eigenvalue weighted by Crippen LogP contribution is -2.56. The average molecular weight is 514 g/mol. The maximum absolute atomic E-state index is 13.2. The molecule has 35 heavy (non-hydrogen) atoms. The first-order valence-corrected chi connectivity index (χ1v) is 12.0. The van der Waals surface area contributed by atoms with Crippen molar-refractivity contribution in [2.75, 3.05) is 11.9 Å². The zero-order chi connectivity index (χ0) is 25.3. The van der Waals surface area contributed by atoms with Gasteiger partial charge in [0.25, 0.3) is 5.91 Å². The van der Waals surface area contributed by atoms with Gasteiger partial charge in [-0.25, -0.2) is 4.99 Å². The maximum atomic E-state index is 13.2. The van der Waals surface area contributed by atoms with Crippen LogP contribution in [-0.2, 0) is 15.1 Å². The van der Waals surface area contributed by atoms with E-state index in [1.807, 2.05) is 13.0 Å². The van der Waals surface area contributed by atoms with Gasteiger partial charge < -0.3 is 15.8 Å². The van der Waals surface area contributed by atoms with E-state index in [1.165, 1.54) is 18.2 Å². The molecule has 3 N–H and O–H groups in total. The fourth-order valence-corrected chi connectivity index (χ4v) is 5.24. The van der Waals surface area contributed by atoms with Crippen LogP contribution in [0.1, 0.15) is 54.6 Å². The Morgan fingerprint density at radius 2 is 2.11 bits per heavy atom. The zero-order valence-electron chi connectivity index (χ0n) is 19.3. The Bertz CT molecular complexity index is 1260. The third kappa shape index (κ3) is 5.13. The fourth-order valence-electron chi connectivity index (χ4n) is 4.63. The van der Waals surface area contributed by atoms with Gasteiger partial charge >= 0.3 is 0 Å². The topological polar surface area (TPSA) is 121 Å². The van der Waals surface area contributed by atoms with Gasteiger partial charge in [-0.2, -0.15) is 5.26 Å². The minimum atomic E-state index is -1.00. The molecular weight excluding hydrogens is 489 g/mol. The third-order valence-corrected chi connectivity index (χ3v) is 6.94. The second kappa shape index (κ2) is 9.86. The first-order valence-electron chi connectivity index (χ1n) is 11.2. The molecule has 4 rings (SSSR count). The van der Waals surface area contributed by atoms with Crippen LogP contribution in [0.2, 0.25) is 10.0 Å². The standard InChI is InChI=1S/C25H25Cl2N5O3/c1-14-8-18(6-7-35-14)32-21(33)12-25(2,31-24(32)29)19-4-3-5-20(22(19)27)30-23(34)16-9-15(13-28)10-17(26)11-16/h3-5,9-11,14,18H,6-8,12H2,1-2H3,(H2,29,31)(H,30,34)/t14-,18-,25+/m1/s1. The molecule has 1 fully saturated rings. The summed E-state index contributed by atoms with van der Waals surface area (Å²) in [5.74, 6) is -0.459. The highest BCUT2D eigenvalue weighted by Crippen LogP contribution is 2.41. The van der Waals surface area contributed by atoms with Gasteiger partial charge in [-0.15, -0.1) is 0 Å².